The molecule has 0 aliphatic heterocycles. The van der Waals surface area contributed by atoms with Gasteiger partial charge in [0.05, 0.1) is 23.9 Å². The number of hydrogen-bond acceptors (Lipinski definition) is 3. The first-order valence-corrected chi connectivity index (χ1v) is 9.76. The van der Waals surface area contributed by atoms with Gasteiger partial charge in [-0.1, -0.05) is 13.8 Å². The molecular weight excluding hydrogens is 300 g/mol. The standard InChI is InChI=1S/C21H44O3/c1-11-23-19(7,8)14-21(13-17(3)4,16-22-18(5)6)15-20(9,10)24-12-2/h17-18H,11-16H2,1-10H3. The van der Waals surface area contributed by atoms with Crippen molar-refractivity contribution < 1.29 is 14.2 Å². The van der Waals surface area contributed by atoms with Crippen molar-refractivity contribution >= 4 is 0 Å². The van der Waals surface area contributed by atoms with E-state index in [9.17, 15) is 0 Å². The molecule has 0 fully saturated rings. The molecule has 0 aromatic carbocycles. The molecule has 0 saturated heterocycles. The minimum atomic E-state index is -0.160. The lowest BCUT2D eigenvalue weighted by molar-refractivity contribution is -0.117. The van der Waals surface area contributed by atoms with Crippen LogP contribution >= 0.6 is 0 Å². The van der Waals surface area contributed by atoms with Crippen molar-refractivity contribution in [2.45, 2.75) is 106 Å². The van der Waals surface area contributed by atoms with E-state index in [-0.39, 0.29) is 22.7 Å². The highest BCUT2D eigenvalue weighted by Gasteiger charge is 2.42. The summed E-state index contributed by atoms with van der Waals surface area (Å²) in [5, 5.41) is 0. The summed E-state index contributed by atoms with van der Waals surface area (Å²) < 4.78 is 18.2. The van der Waals surface area contributed by atoms with Crippen LogP contribution in [-0.4, -0.2) is 37.1 Å². The summed E-state index contributed by atoms with van der Waals surface area (Å²) in [4.78, 5) is 0. The van der Waals surface area contributed by atoms with Gasteiger partial charge in [-0.25, -0.2) is 0 Å². The lowest BCUT2D eigenvalue weighted by atomic mass is 9.68. The highest BCUT2D eigenvalue weighted by Crippen LogP contribution is 2.44. The Hall–Kier alpha value is -0.120. The smallest absolute Gasteiger partial charge is 0.0632 e. The van der Waals surface area contributed by atoms with Crippen LogP contribution in [-0.2, 0) is 14.2 Å². The Morgan fingerprint density at radius 3 is 1.46 bits per heavy atom. The van der Waals surface area contributed by atoms with Crippen LogP contribution in [0.3, 0.4) is 0 Å². The Kier molecular flexibility index (Phi) is 10.1. The number of ether oxygens (including phenoxy) is 3. The van der Waals surface area contributed by atoms with E-state index in [4.69, 9.17) is 14.2 Å². The molecule has 0 bridgehead atoms. The summed E-state index contributed by atoms with van der Waals surface area (Å²) in [6.07, 6.45) is 3.32. The maximum Gasteiger partial charge on any atom is 0.0632 e. The maximum atomic E-state index is 6.15. The molecule has 146 valence electrons. The molecule has 24 heavy (non-hydrogen) atoms. The molecule has 0 atom stereocenters. The molecule has 0 aliphatic rings. The van der Waals surface area contributed by atoms with Gasteiger partial charge in [-0.3, -0.25) is 0 Å². The Morgan fingerprint density at radius 2 is 1.17 bits per heavy atom. The molecule has 3 heteroatoms. The summed E-state index contributed by atoms with van der Waals surface area (Å²) in [7, 11) is 0. The monoisotopic (exact) mass is 344 g/mol. The molecule has 0 aliphatic carbocycles. The molecule has 0 amide bonds. The van der Waals surface area contributed by atoms with Gasteiger partial charge < -0.3 is 14.2 Å². The van der Waals surface area contributed by atoms with Crippen LogP contribution in [0.15, 0.2) is 0 Å². The number of hydrogen-bond donors (Lipinski definition) is 0. The van der Waals surface area contributed by atoms with E-state index in [0.29, 0.717) is 5.92 Å². The average Bonchev–Trinajstić information content (AvgIpc) is 2.33. The maximum absolute atomic E-state index is 6.15. The summed E-state index contributed by atoms with van der Waals surface area (Å²) in [6, 6.07) is 0. The molecule has 0 radical (unpaired) electrons. The highest BCUT2D eigenvalue weighted by molar-refractivity contribution is 4.92. The average molecular weight is 345 g/mol. The van der Waals surface area contributed by atoms with Crippen molar-refractivity contribution in [3.8, 4) is 0 Å². The Morgan fingerprint density at radius 1 is 0.750 bits per heavy atom. The van der Waals surface area contributed by atoms with Crippen LogP contribution in [0, 0.1) is 11.3 Å². The predicted octanol–water partition coefficient (Wildman–Crippen LogP) is 5.85. The van der Waals surface area contributed by atoms with Crippen molar-refractivity contribution in [3.63, 3.8) is 0 Å². The molecule has 0 rings (SSSR count). The van der Waals surface area contributed by atoms with E-state index >= 15 is 0 Å². The van der Waals surface area contributed by atoms with E-state index in [1.807, 2.05) is 0 Å². The van der Waals surface area contributed by atoms with Crippen molar-refractivity contribution in [2.24, 2.45) is 11.3 Å². The summed E-state index contributed by atoms with van der Waals surface area (Å²) in [5.41, 5.74) is -0.270. The molecule has 0 spiro atoms. The van der Waals surface area contributed by atoms with Gasteiger partial charge in [0.25, 0.3) is 0 Å². The summed E-state index contributed by atoms with van der Waals surface area (Å²) in [5.74, 6) is 0.607. The van der Waals surface area contributed by atoms with Crippen LogP contribution in [0.5, 0.6) is 0 Å². The van der Waals surface area contributed by atoms with Crippen molar-refractivity contribution in [3.05, 3.63) is 0 Å². The summed E-state index contributed by atoms with van der Waals surface area (Å²) >= 11 is 0. The topological polar surface area (TPSA) is 27.7 Å². The zero-order valence-corrected chi connectivity index (χ0v) is 18.1. The second kappa shape index (κ2) is 10.1. The zero-order chi connectivity index (χ0) is 19.0. The van der Waals surface area contributed by atoms with E-state index < -0.39 is 0 Å². The SMILES string of the molecule is CCOC(C)(C)CC(COC(C)C)(CC(C)C)CC(C)(C)OCC. The minimum Gasteiger partial charge on any atom is -0.378 e. The van der Waals surface area contributed by atoms with Gasteiger partial charge in [-0.2, -0.15) is 0 Å². The van der Waals surface area contributed by atoms with Gasteiger partial charge in [0, 0.05) is 13.2 Å². The zero-order valence-electron chi connectivity index (χ0n) is 18.1. The van der Waals surface area contributed by atoms with Crippen LogP contribution in [0.2, 0.25) is 0 Å². The van der Waals surface area contributed by atoms with Crippen LogP contribution in [0.1, 0.15) is 88.5 Å². The molecule has 0 N–H and O–H groups in total. The van der Waals surface area contributed by atoms with E-state index in [1.54, 1.807) is 0 Å². The fourth-order valence-corrected chi connectivity index (χ4v) is 4.27. The second-order valence-corrected chi connectivity index (χ2v) is 9.20. The third kappa shape index (κ3) is 10.0. The largest absolute Gasteiger partial charge is 0.378 e. The fourth-order valence-electron chi connectivity index (χ4n) is 4.27. The van der Waals surface area contributed by atoms with E-state index in [2.05, 4.69) is 69.2 Å². The molecule has 0 aromatic heterocycles. The third-order valence-corrected chi connectivity index (χ3v) is 4.24. The Balaban J connectivity index is 5.57. The quantitative estimate of drug-likeness (QED) is 0.419. The first-order valence-electron chi connectivity index (χ1n) is 9.76. The predicted molar refractivity (Wildman–Crippen MR) is 104 cm³/mol. The first-order chi connectivity index (χ1) is 10.9. The molecule has 0 heterocycles. The second-order valence-electron chi connectivity index (χ2n) is 9.20. The van der Waals surface area contributed by atoms with Crippen LogP contribution < -0.4 is 0 Å². The van der Waals surface area contributed by atoms with E-state index in [1.165, 1.54) is 0 Å². The molecule has 0 aromatic rings. The van der Waals surface area contributed by atoms with Gasteiger partial charge in [-0.15, -0.1) is 0 Å². The fraction of sp³-hybridized carbons (Fsp3) is 1.00. The van der Waals surface area contributed by atoms with E-state index in [0.717, 1.165) is 39.1 Å². The van der Waals surface area contributed by atoms with Gasteiger partial charge in [0.2, 0.25) is 0 Å². The third-order valence-electron chi connectivity index (χ3n) is 4.24. The lowest BCUT2D eigenvalue weighted by Gasteiger charge is -2.45. The van der Waals surface area contributed by atoms with Crippen LogP contribution in [0.25, 0.3) is 0 Å². The van der Waals surface area contributed by atoms with Gasteiger partial charge >= 0.3 is 0 Å². The lowest BCUT2D eigenvalue weighted by Crippen LogP contribution is -2.44. The van der Waals surface area contributed by atoms with Gasteiger partial charge in [0.1, 0.15) is 0 Å². The highest BCUT2D eigenvalue weighted by atomic mass is 16.5. The van der Waals surface area contributed by atoms with Gasteiger partial charge in [0.15, 0.2) is 0 Å². The van der Waals surface area contributed by atoms with Crippen molar-refractivity contribution in [1.82, 2.24) is 0 Å². The van der Waals surface area contributed by atoms with Crippen molar-refractivity contribution in [1.29, 1.82) is 0 Å². The first kappa shape index (κ1) is 23.9. The normalized spacial score (nSPS) is 14.0. The van der Waals surface area contributed by atoms with Crippen LogP contribution in [0.4, 0.5) is 0 Å². The molecular formula is C21H44O3. The molecule has 3 nitrogen and oxygen atoms in total. The summed E-state index contributed by atoms with van der Waals surface area (Å²) in [6.45, 7) is 24.0. The minimum absolute atomic E-state index is 0.0514. The Bertz CT molecular complexity index is 312. The number of rotatable bonds is 13. The Labute approximate surface area is 151 Å². The molecule has 0 unspecified atom stereocenters. The van der Waals surface area contributed by atoms with Gasteiger partial charge in [-0.05, 0) is 86.0 Å². The molecule has 0 saturated carbocycles. The van der Waals surface area contributed by atoms with Crippen molar-refractivity contribution in [2.75, 3.05) is 19.8 Å².